The molecule has 0 rings (SSSR count). The summed E-state index contributed by atoms with van der Waals surface area (Å²) in [5, 5.41) is 0. The van der Waals surface area contributed by atoms with E-state index in [2.05, 4.69) is 6.92 Å². The van der Waals surface area contributed by atoms with Crippen molar-refractivity contribution in [1.82, 2.24) is 0 Å². The summed E-state index contributed by atoms with van der Waals surface area (Å²) in [5.74, 6) is 0.237. The van der Waals surface area contributed by atoms with E-state index < -0.39 is 0 Å². The van der Waals surface area contributed by atoms with Gasteiger partial charge in [0.1, 0.15) is 12.0 Å². The van der Waals surface area contributed by atoms with E-state index in [4.69, 9.17) is 4.74 Å². The molecule has 0 unspecified atom stereocenters. The largest absolute Gasteiger partial charge is 0.431 e. The molecule has 0 aliphatic heterocycles. The summed E-state index contributed by atoms with van der Waals surface area (Å²) < 4.78 is 5.09. The minimum absolute atomic E-state index is 0.271. The van der Waals surface area contributed by atoms with Crippen molar-refractivity contribution in [2.24, 2.45) is 0 Å². The van der Waals surface area contributed by atoms with Gasteiger partial charge in [-0.1, -0.05) is 58.8 Å². The summed E-state index contributed by atoms with van der Waals surface area (Å²) in [6.45, 7) is 3.97. The van der Waals surface area contributed by atoms with E-state index in [1.807, 2.05) is 0 Å². The molecule has 0 N–H and O–H groups in total. The zero-order valence-corrected chi connectivity index (χ0v) is 12.5. The van der Waals surface area contributed by atoms with Crippen molar-refractivity contribution in [3.05, 3.63) is 11.8 Å². The molecule has 0 aliphatic carbocycles. The van der Waals surface area contributed by atoms with Gasteiger partial charge in [0.05, 0.1) is 0 Å². The fourth-order valence-electron chi connectivity index (χ4n) is 1.90. The van der Waals surface area contributed by atoms with Crippen LogP contribution in [-0.4, -0.2) is 12.3 Å². The van der Waals surface area contributed by atoms with Gasteiger partial charge < -0.3 is 4.74 Å². The first-order chi connectivity index (χ1) is 9.24. The quantitative estimate of drug-likeness (QED) is 0.171. The van der Waals surface area contributed by atoms with E-state index in [0.717, 1.165) is 12.8 Å². The third-order valence-electron chi connectivity index (χ3n) is 3.06. The predicted molar refractivity (Wildman–Crippen MR) is 77.8 cm³/mol. The van der Waals surface area contributed by atoms with Gasteiger partial charge in [-0.25, -0.2) is 0 Å². The lowest BCUT2D eigenvalue weighted by atomic mass is 10.1. The highest BCUT2D eigenvalue weighted by molar-refractivity contribution is 5.72. The molecule has 0 radical (unpaired) electrons. The van der Waals surface area contributed by atoms with Gasteiger partial charge in [-0.05, 0) is 6.42 Å². The van der Waals surface area contributed by atoms with Crippen LogP contribution in [0, 0.1) is 0 Å². The molecular formula is C16H28O3. The molecule has 110 valence electrons. The smallest absolute Gasteiger partial charge is 0.310 e. The first-order valence-electron chi connectivity index (χ1n) is 7.59. The fraction of sp³-hybridized carbons (Fsp3) is 0.750. The molecule has 0 heterocycles. The fourth-order valence-corrected chi connectivity index (χ4v) is 1.90. The van der Waals surface area contributed by atoms with E-state index in [1.54, 1.807) is 6.92 Å². The van der Waals surface area contributed by atoms with Crippen LogP contribution in [-0.2, 0) is 14.3 Å². The molecule has 0 spiro atoms. The van der Waals surface area contributed by atoms with Gasteiger partial charge in [-0.3, -0.25) is 9.59 Å². The molecule has 0 bridgehead atoms. The number of esters is 1. The van der Waals surface area contributed by atoms with Crippen LogP contribution in [0.3, 0.4) is 0 Å². The van der Waals surface area contributed by atoms with Gasteiger partial charge in [0.25, 0.3) is 0 Å². The Kier molecular flexibility index (Phi) is 12.5. The Balaban J connectivity index is 3.62. The minimum atomic E-state index is -0.271. The summed E-state index contributed by atoms with van der Waals surface area (Å²) in [6.07, 6.45) is 12.9. The van der Waals surface area contributed by atoms with E-state index in [9.17, 15) is 9.59 Å². The maximum absolute atomic E-state index is 11.2. The number of carbonyl (C=O) groups is 2. The highest BCUT2D eigenvalue weighted by Crippen LogP contribution is 2.14. The number of hydrogen-bond donors (Lipinski definition) is 0. The second kappa shape index (κ2) is 13.3. The Morgan fingerprint density at radius 3 is 2.05 bits per heavy atom. The van der Waals surface area contributed by atoms with Gasteiger partial charge in [0, 0.05) is 18.9 Å². The van der Waals surface area contributed by atoms with E-state index in [-0.39, 0.29) is 5.97 Å². The summed E-state index contributed by atoms with van der Waals surface area (Å²) in [5.41, 5.74) is 0. The number of hydrogen-bond acceptors (Lipinski definition) is 3. The summed E-state index contributed by atoms with van der Waals surface area (Å²) >= 11 is 0. The third kappa shape index (κ3) is 11.7. The summed E-state index contributed by atoms with van der Waals surface area (Å²) in [6, 6.07) is 0. The second-order valence-corrected chi connectivity index (χ2v) is 4.82. The second-order valence-electron chi connectivity index (χ2n) is 4.82. The molecule has 0 amide bonds. The van der Waals surface area contributed by atoms with Crippen molar-refractivity contribution < 1.29 is 14.3 Å². The molecule has 0 fully saturated rings. The lowest BCUT2D eigenvalue weighted by molar-refractivity contribution is -0.139. The van der Waals surface area contributed by atoms with Crippen LogP contribution in [0.15, 0.2) is 11.8 Å². The van der Waals surface area contributed by atoms with E-state index in [1.165, 1.54) is 44.6 Å². The molecule has 0 aromatic heterocycles. The number of aldehydes is 1. The Morgan fingerprint density at radius 1 is 0.947 bits per heavy atom. The van der Waals surface area contributed by atoms with Gasteiger partial charge in [0.15, 0.2) is 0 Å². The monoisotopic (exact) mass is 268 g/mol. The van der Waals surface area contributed by atoms with Crippen LogP contribution in [0.5, 0.6) is 0 Å². The van der Waals surface area contributed by atoms with Crippen LogP contribution >= 0.6 is 0 Å². The SMILES string of the molecule is CCCCCCCCCC/C(=C/C=O)OC(=O)CC. The molecule has 0 saturated carbocycles. The maximum Gasteiger partial charge on any atom is 0.310 e. The lowest BCUT2D eigenvalue weighted by Crippen LogP contribution is -2.03. The van der Waals surface area contributed by atoms with Crippen LogP contribution in [0.4, 0.5) is 0 Å². The van der Waals surface area contributed by atoms with Crippen LogP contribution in [0.1, 0.15) is 78.1 Å². The average Bonchev–Trinajstić information content (AvgIpc) is 2.41. The molecule has 0 atom stereocenters. The number of unbranched alkanes of at least 4 members (excludes halogenated alkanes) is 7. The predicted octanol–water partition coefficient (Wildman–Crippen LogP) is 4.55. The molecule has 3 heteroatoms. The van der Waals surface area contributed by atoms with Crippen LogP contribution in [0.2, 0.25) is 0 Å². The van der Waals surface area contributed by atoms with E-state index >= 15 is 0 Å². The maximum atomic E-state index is 11.2. The molecule has 3 nitrogen and oxygen atoms in total. The zero-order valence-electron chi connectivity index (χ0n) is 12.5. The van der Waals surface area contributed by atoms with Gasteiger partial charge in [0.2, 0.25) is 0 Å². The standard InChI is InChI=1S/C16H28O3/c1-3-5-6-7-8-9-10-11-12-15(13-14-17)19-16(18)4-2/h13-14H,3-12H2,1-2H3/b15-13-. The zero-order chi connectivity index (χ0) is 14.3. The molecule has 0 aromatic carbocycles. The molecule has 0 aromatic rings. The minimum Gasteiger partial charge on any atom is -0.431 e. The van der Waals surface area contributed by atoms with Crippen molar-refractivity contribution in [3.63, 3.8) is 0 Å². The normalized spacial score (nSPS) is 11.4. The highest BCUT2D eigenvalue weighted by Gasteiger charge is 2.04. The van der Waals surface area contributed by atoms with Crippen molar-refractivity contribution >= 4 is 12.3 Å². The van der Waals surface area contributed by atoms with Crippen LogP contribution in [0.25, 0.3) is 0 Å². The number of carbonyl (C=O) groups excluding carboxylic acids is 2. The van der Waals surface area contributed by atoms with Gasteiger partial charge in [-0.15, -0.1) is 0 Å². The average molecular weight is 268 g/mol. The summed E-state index contributed by atoms with van der Waals surface area (Å²) in [7, 11) is 0. The van der Waals surface area contributed by atoms with Crippen LogP contribution < -0.4 is 0 Å². The lowest BCUT2D eigenvalue weighted by Gasteiger charge is -2.07. The van der Waals surface area contributed by atoms with Crippen molar-refractivity contribution in [2.45, 2.75) is 78.1 Å². The Morgan fingerprint density at radius 2 is 1.53 bits per heavy atom. The third-order valence-corrected chi connectivity index (χ3v) is 3.06. The highest BCUT2D eigenvalue weighted by atomic mass is 16.5. The van der Waals surface area contributed by atoms with Gasteiger partial charge in [-0.2, -0.15) is 0 Å². The topological polar surface area (TPSA) is 43.4 Å². The Labute approximate surface area is 117 Å². The Bertz CT molecular complexity index is 269. The molecular weight excluding hydrogens is 240 g/mol. The molecule has 0 saturated heterocycles. The number of allylic oxidation sites excluding steroid dienone is 2. The Hall–Kier alpha value is -1.12. The summed E-state index contributed by atoms with van der Waals surface area (Å²) in [4.78, 5) is 21.6. The molecule has 0 aliphatic rings. The number of rotatable bonds is 12. The first-order valence-corrected chi connectivity index (χ1v) is 7.59. The van der Waals surface area contributed by atoms with Crippen molar-refractivity contribution in [3.8, 4) is 0 Å². The van der Waals surface area contributed by atoms with Gasteiger partial charge >= 0.3 is 5.97 Å². The van der Waals surface area contributed by atoms with Crippen molar-refractivity contribution in [1.29, 1.82) is 0 Å². The van der Waals surface area contributed by atoms with E-state index in [0.29, 0.717) is 24.9 Å². The van der Waals surface area contributed by atoms with Crippen molar-refractivity contribution in [2.75, 3.05) is 0 Å². The number of ether oxygens (including phenoxy) is 1. The first kappa shape index (κ1) is 17.9. The molecule has 19 heavy (non-hydrogen) atoms.